The van der Waals surface area contributed by atoms with Crippen molar-refractivity contribution < 1.29 is 13.9 Å². The van der Waals surface area contributed by atoms with Crippen LogP contribution in [0.5, 0.6) is 0 Å². The number of likely N-dealkylation sites (tertiary alicyclic amines) is 1. The van der Waals surface area contributed by atoms with Gasteiger partial charge in [0.25, 0.3) is 0 Å². The number of fused-ring (bicyclic) bond motifs is 1. The number of rotatable bonds is 8. The van der Waals surface area contributed by atoms with Gasteiger partial charge in [0.1, 0.15) is 5.82 Å². The number of nitrogens with one attached hydrogen (secondary N) is 2. The van der Waals surface area contributed by atoms with Gasteiger partial charge in [0.2, 0.25) is 0 Å². The Morgan fingerprint density at radius 3 is 2.89 bits per heavy atom. The van der Waals surface area contributed by atoms with Crippen LogP contribution in [-0.4, -0.2) is 69.0 Å². The van der Waals surface area contributed by atoms with Gasteiger partial charge in [-0.15, -0.1) is 0 Å². The Morgan fingerprint density at radius 2 is 2.14 bits per heavy atom. The number of piperidine rings is 1. The number of guanidine groups is 1. The average molecular weight is 391 g/mol. The average Bonchev–Trinajstić information content (AvgIpc) is 3.11. The highest BCUT2D eigenvalue weighted by Gasteiger charge is 2.21. The van der Waals surface area contributed by atoms with E-state index in [1.54, 1.807) is 19.2 Å². The molecule has 0 amide bonds. The molecule has 0 unspecified atom stereocenters. The number of nitrogens with zero attached hydrogens (tertiary/aromatic N) is 2. The van der Waals surface area contributed by atoms with Gasteiger partial charge in [-0.3, -0.25) is 4.99 Å². The van der Waals surface area contributed by atoms with Gasteiger partial charge in [0.15, 0.2) is 5.96 Å². The highest BCUT2D eigenvalue weighted by atomic mass is 19.1. The van der Waals surface area contributed by atoms with Crippen LogP contribution in [0.25, 0.3) is 10.9 Å². The number of benzene rings is 1. The fraction of sp³-hybridized carbons (Fsp3) is 0.571. The molecule has 1 aromatic carbocycles. The number of methoxy groups -OCH3 is 1. The zero-order valence-corrected chi connectivity index (χ0v) is 16.8. The lowest BCUT2D eigenvalue weighted by Crippen LogP contribution is -2.47. The molecule has 1 fully saturated rings. The molecule has 2 aromatic rings. The minimum atomic E-state index is -0.204. The van der Waals surface area contributed by atoms with E-state index in [0.29, 0.717) is 6.10 Å². The summed E-state index contributed by atoms with van der Waals surface area (Å²) in [7, 11) is 3.53. The van der Waals surface area contributed by atoms with E-state index in [1.807, 2.05) is 13.2 Å². The molecule has 2 N–H and O–H groups in total. The second-order valence-electron chi connectivity index (χ2n) is 7.13. The Labute approximate surface area is 166 Å². The lowest BCUT2D eigenvalue weighted by molar-refractivity contribution is 0.00992. The fourth-order valence-electron chi connectivity index (χ4n) is 3.69. The van der Waals surface area contributed by atoms with E-state index in [4.69, 9.17) is 9.47 Å². The molecule has 1 aliphatic rings. The smallest absolute Gasteiger partial charge is 0.193 e. The molecule has 0 saturated carbocycles. The molecule has 3 rings (SSSR count). The van der Waals surface area contributed by atoms with Crippen LogP contribution in [-0.2, 0) is 15.9 Å². The van der Waals surface area contributed by atoms with Crippen molar-refractivity contribution in [2.45, 2.75) is 31.8 Å². The van der Waals surface area contributed by atoms with E-state index < -0.39 is 0 Å². The number of aromatic amines is 1. The van der Waals surface area contributed by atoms with Crippen molar-refractivity contribution in [3.05, 3.63) is 35.8 Å². The van der Waals surface area contributed by atoms with Crippen molar-refractivity contribution in [3.8, 4) is 0 Å². The number of halogens is 1. The molecule has 2 heterocycles. The van der Waals surface area contributed by atoms with Crippen LogP contribution in [0.3, 0.4) is 0 Å². The van der Waals surface area contributed by atoms with Crippen molar-refractivity contribution in [2.75, 3.05) is 47.0 Å². The van der Waals surface area contributed by atoms with Crippen LogP contribution in [0.1, 0.15) is 24.8 Å². The number of hydrogen-bond acceptors (Lipinski definition) is 3. The largest absolute Gasteiger partial charge is 0.385 e. The van der Waals surface area contributed by atoms with Crippen LogP contribution >= 0.6 is 0 Å². The molecule has 0 aliphatic carbocycles. The molecule has 154 valence electrons. The summed E-state index contributed by atoms with van der Waals surface area (Å²) in [6.07, 6.45) is 6.05. The van der Waals surface area contributed by atoms with Crippen LogP contribution in [0.4, 0.5) is 4.39 Å². The lowest BCUT2D eigenvalue weighted by atomic mass is 10.1. The van der Waals surface area contributed by atoms with E-state index >= 15 is 0 Å². The molecule has 0 radical (unpaired) electrons. The van der Waals surface area contributed by atoms with E-state index in [0.717, 1.165) is 81.0 Å². The van der Waals surface area contributed by atoms with Gasteiger partial charge in [-0.25, -0.2) is 4.39 Å². The van der Waals surface area contributed by atoms with Crippen LogP contribution in [0.2, 0.25) is 0 Å². The predicted molar refractivity (Wildman–Crippen MR) is 110 cm³/mol. The number of H-pyrrole nitrogens is 1. The topological polar surface area (TPSA) is 61.9 Å². The monoisotopic (exact) mass is 390 g/mol. The standard InChI is InChI=1S/C21H31FN4O2/c1-23-21(26-10-7-18(8-11-26)28-13-3-12-27-2)24-9-6-16-15-25-20-5-4-17(22)14-19(16)20/h4-5,14-15,18,25H,3,6-13H2,1-2H3,(H,23,24). The summed E-state index contributed by atoms with van der Waals surface area (Å²) in [6, 6.07) is 4.85. The van der Waals surface area contributed by atoms with Gasteiger partial charge in [-0.05, 0) is 49.4 Å². The number of ether oxygens (including phenoxy) is 2. The summed E-state index contributed by atoms with van der Waals surface area (Å²) in [5.41, 5.74) is 2.08. The van der Waals surface area contributed by atoms with Crippen molar-refractivity contribution in [1.82, 2.24) is 15.2 Å². The SMILES string of the molecule is CN=C(NCCc1c[nH]c2ccc(F)cc12)N1CCC(OCCCOC)CC1. The van der Waals surface area contributed by atoms with E-state index in [1.165, 1.54) is 6.07 Å². The summed E-state index contributed by atoms with van der Waals surface area (Å²) in [5, 5.41) is 4.39. The summed E-state index contributed by atoms with van der Waals surface area (Å²) < 4.78 is 24.5. The van der Waals surface area contributed by atoms with Crippen LogP contribution in [0.15, 0.2) is 29.4 Å². The van der Waals surface area contributed by atoms with Gasteiger partial charge in [0, 0.05) is 64.1 Å². The quantitative estimate of drug-likeness (QED) is 0.413. The maximum Gasteiger partial charge on any atom is 0.193 e. The normalized spacial score (nSPS) is 16.1. The summed E-state index contributed by atoms with van der Waals surface area (Å²) in [5.74, 6) is 0.716. The van der Waals surface area contributed by atoms with Crippen molar-refractivity contribution in [2.24, 2.45) is 4.99 Å². The molecular weight excluding hydrogens is 359 g/mol. The van der Waals surface area contributed by atoms with Gasteiger partial charge >= 0.3 is 0 Å². The third kappa shape index (κ3) is 5.45. The number of aromatic nitrogens is 1. The first-order valence-electron chi connectivity index (χ1n) is 10.0. The Morgan fingerprint density at radius 1 is 1.32 bits per heavy atom. The molecule has 0 atom stereocenters. The lowest BCUT2D eigenvalue weighted by Gasteiger charge is -2.34. The Kier molecular flexibility index (Phi) is 7.68. The molecule has 0 bridgehead atoms. The summed E-state index contributed by atoms with van der Waals surface area (Å²) in [4.78, 5) is 9.91. The first-order valence-corrected chi connectivity index (χ1v) is 10.0. The molecular formula is C21H31FN4O2. The summed E-state index contributed by atoms with van der Waals surface area (Å²) >= 11 is 0. The number of aliphatic imine (C=N–C) groups is 1. The second kappa shape index (κ2) is 10.4. The molecule has 28 heavy (non-hydrogen) atoms. The molecule has 1 saturated heterocycles. The van der Waals surface area contributed by atoms with Crippen LogP contribution < -0.4 is 5.32 Å². The van der Waals surface area contributed by atoms with Gasteiger partial charge in [-0.1, -0.05) is 0 Å². The Balaban J connectivity index is 1.43. The van der Waals surface area contributed by atoms with E-state index in [-0.39, 0.29) is 5.82 Å². The Bertz CT molecular complexity index is 769. The first-order chi connectivity index (χ1) is 13.7. The van der Waals surface area contributed by atoms with Crippen LogP contribution in [0, 0.1) is 5.82 Å². The molecule has 7 heteroatoms. The van der Waals surface area contributed by atoms with Crippen molar-refractivity contribution >= 4 is 16.9 Å². The van der Waals surface area contributed by atoms with Crippen molar-refractivity contribution in [3.63, 3.8) is 0 Å². The zero-order valence-electron chi connectivity index (χ0n) is 16.8. The molecule has 0 spiro atoms. The van der Waals surface area contributed by atoms with Crippen molar-refractivity contribution in [1.29, 1.82) is 0 Å². The fourth-order valence-corrected chi connectivity index (χ4v) is 3.69. The minimum absolute atomic E-state index is 0.204. The summed E-state index contributed by atoms with van der Waals surface area (Å²) in [6.45, 7) is 4.14. The number of hydrogen-bond donors (Lipinski definition) is 2. The zero-order chi connectivity index (χ0) is 19.8. The molecule has 1 aliphatic heterocycles. The molecule has 6 nitrogen and oxygen atoms in total. The second-order valence-corrected chi connectivity index (χ2v) is 7.13. The van der Waals surface area contributed by atoms with Gasteiger partial charge < -0.3 is 24.7 Å². The van der Waals surface area contributed by atoms with E-state index in [2.05, 4.69) is 20.2 Å². The predicted octanol–water partition coefficient (Wildman–Crippen LogP) is 2.94. The minimum Gasteiger partial charge on any atom is -0.385 e. The van der Waals surface area contributed by atoms with Gasteiger partial charge in [0.05, 0.1) is 6.10 Å². The molecule has 1 aromatic heterocycles. The first kappa shape index (κ1) is 20.6. The highest BCUT2D eigenvalue weighted by molar-refractivity contribution is 5.83. The third-order valence-corrected chi connectivity index (χ3v) is 5.21. The van der Waals surface area contributed by atoms with Gasteiger partial charge in [-0.2, -0.15) is 0 Å². The highest BCUT2D eigenvalue weighted by Crippen LogP contribution is 2.19. The Hall–Kier alpha value is -2.12. The third-order valence-electron chi connectivity index (χ3n) is 5.21. The van der Waals surface area contributed by atoms with E-state index in [9.17, 15) is 4.39 Å². The maximum absolute atomic E-state index is 13.5. The maximum atomic E-state index is 13.5.